The zero-order valence-electron chi connectivity index (χ0n) is 20.7. The normalized spacial score (nSPS) is 11.9. The fourth-order valence-electron chi connectivity index (χ4n) is 3.81. The van der Waals surface area contributed by atoms with Gasteiger partial charge in [-0.3, -0.25) is 9.97 Å². The summed E-state index contributed by atoms with van der Waals surface area (Å²) < 4.78 is 13.4. The van der Waals surface area contributed by atoms with Gasteiger partial charge in [0.25, 0.3) is 8.53 Å². The van der Waals surface area contributed by atoms with E-state index in [1.165, 1.54) is 19.1 Å². The number of aromatic nitrogens is 4. The molecule has 38 heavy (non-hydrogen) atoms. The first-order valence-electron chi connectivity index (χ1n) is 11.7. The van der Waals surface area contributed by atoms with E-state index in [2.05, 4.69) is 38.0 Å². The lowest BCUT2D eigenvalue weighted by Crippen LogP contribution is -2.06. The van der Waals surface area contributed by atoms with E-state index in [-0.39, 0.29) is 0 Å². The number of hydrogen-bond acceptors (Lipinski definition) is 10. The van der Waals surface area contributed by atoms with E-state index in [4.69, 9.17) is 24.1 Å². The Balaban J connectivity index is 1.54. The van der Waals surface area contributed by atoms with Crippen molar-refractivity contribution in [2.75, 3.05) is 19.5 Å². The van der Waals surface area contributed by atoms with Crippen molar-refractivity contribution >= 4 is 37.2 Å². The summed E-state index contributed by atoms with van der Waals surface area (Å²) in [5.41, 5.74) is 4.66. The first kappa shape index (κ1) is 26.1. The van der Waals surface area contributed by atoms with Crippen LogP contribution in [0.5, 0.6) is 0 Å². The third-order valence-electron chi connectivity index (χ3n) is 5.49. The number of hydrogen-bond donors (Lipinski definition) is 2. The van der Waals surface area contributed by atoms with Crippen molar-refractivity contribution in [2.45, 2.75) is 11.4 Å². The molecule has 1 atom stereocenters. The SMILES string of the molecule is COOP(NSc1cncc(-c2nc(NCc3ccccn3)c3c(-c4ccccc4)cccc3n2)c1)OC. The van der Waals surface area contributed by atoms with Crippen molar-refractivity contribution in [3.63, 3.8) is 0 Å². The Bertz CT molecular complexity index is 1500. The zero-order valence-corrected chi connectivity index (χ0v) is 22.4. The van der Waals surface area contributed by atoms with Crippen molar-refractivity contribution in [2.24, 2.45) is 0 Å². The summed E-state index contributed by atoms with van der Waals surface area (Å²) in [4.78, 5) is 24.3. The smallest absolute Gasteiger partial charge is 0.299 e. The van der Waals surface area contributed by atoms with Gasteiger partial charge in [-0.15, -0.1) is 0 Å². The summed E-state index contributed by atoms with van der Waals surface area (Å²) in [7, 11) is 1.56. The Morgan fingerprint density at radius 2 is 1.76 bits per heavy atom. The number of fused-ring (bicyclic) bond motifs is 1. The number of nitrogens with one attached hydrogen (secondary N) is 2. The molecule has 0 radical (unpaired) electrons. The Morgan fingerprint density at radius 3 is 2.55 bits per heavy atom. The van der Waals surface area contributed by atoms with E-state index in [0.29, 0.717) is 12.4 Å². The minimum atomic E-state index is -1.41. The Labute approximate surface area is 226 Å². The zero-order chi connectivity index (χ0) is 26.2. The van der Waals surface area contributed by atoms with Gasteiger partial charge in [0.2, 0.25) is 0 Å². The number of rotatable bonds is 11. The summed E-state index contributed by atoms with van der Waals surface area (Å²) in [6, 6.07) is 24.2. The maximum absolute atomic E-state index is 5.23. The highest BCUT2D eigenvalue weighted by Crippen LogP contribution is 2.38. The van der Waals surface area contributed by atoms with Gasteiger partial charge in [0, 0.05) is 36.2 Å². The molecule has 0 aliphatic carbocycles. The summed E-state index contributed by atoms with van der Waals surface area (Å²) in [5.74, 6) is 1.28. The van der Waals surface area contributed by atoms with Crippen LogP contribution in [0, 0.1) is 0 Å². The van der Waals surface area contributed by atoms with Gasteiger partial charge in [0.1, 0.15) is 5.82 Å². The Kier molecular flexibility index (Phi) is 8.82. The third kappa shape index (κ3) is 6.31. The minimum absolute atomic E-state index is 0.521. The van der Waals surface area contributed by atoms with Crippen molar-refractivity contribution in [3.05, 3.63) is 97.1 Å². The fraction of sp³-hybridized carbons (Fsp3) is 0.111. The Hall–Kier alpha value is -3.50. The molecule has 1 unspecified atom stereocenters. The molecule has 0 amide bonds. The van der Waals surface area contributed by atoms with E-state index >= 15 is 0 Å². The van der Waals surface area contributed by atoms with Crippen LogP contribution in [0.15, 0.2) is 96.3 Å². The van der Waals surface area contributed by atoms with Gasteiger partial charge in [0.15, 0.2) is 5.82 Å². The van der Waals surface area contributed by atoms with Gasteiger partial charge in [-0.2, -0.15) is 9.17 Å². The summed E-state index contributed by atoms with van der Waals surface area (Å²) in [5, 5.41) is 4.45. The Morgan fingerprint density at radius 1 is 0.895 bits per heavy atom. The molecule has 0 saturated heterocycles. The number of pyridine rings is 2. The van der Waals surface area contributed by atoms with Crippen molar-refractivity contribution in [1.29, 1.82) is 0 Å². The average molecular weight is 545 g/mol. The first-order chi connectivity index (χ1) is 18.7. The van der Waals surface area contributed by atoms with Crippen molar-refractivity contribution in [3.8, 4) is 22.5 Å². The maximum Gasteiger partial charge on any atom is 0.299 e. The molecule has 0 fully saturated rings. The quantitative estimate of drug-likeness (QED) is 0.0839. The molecule has 0 saturated carbocycles. The van der Waals surface area contributed by atoms with E-state index < -0.39 is 8.53 Å². The molecule has 0 aliphatic rings. The van der Waals surface area contributed by atoms with Crippen LogP contribution in [0.25, 0.3) is 33.4 Å². The van der Waals surface area contributed by atoms with Crippen LogP contribution >= 0.6 is 20.5 Å². The van der Waals surface area contributed by atoms with Crippen LogP contribution in [0.1, 0.15) is 5.69 Å². The number of nitrogens with zero attached hydrogens (tertiary/aromatic N) is 4. The fourth-order valence-corrected chi connectivity index (χ4v) is 5.45. The molecule has 2 aromatic carbocycles. The summed E-state index contributed by atoms with van der Waals surface area (Å²) in [6.45, 7) is 0.521. The van der Waals surface area contributed by atoms with Crippen molar-refractivity contribution < 1.29 is 14.1 Å². The topological polar surface area (TPSA) is 103 Å². The molecule has 5 rings (SSSR count). The molecular weight excluding hydrogens is 519 g/mol. The predicted molar refractivity (Wildman–Crippen MR) is 151 cm³/mol. The van der Waals surface area contributed by atoms with Gasteiger partial charge >= 0.3 is 0 Å². The second-order valence-electron chi connectivity index (χ2n) is 7.92. The molecule has 0 aliphatic heterocycles. The highest BCUT2D eigenvalue weighted by molar-refractivity contribution is 8.01. The van der Waals surface area contributed by atoms with Gasteiger partial charge in [-0.05, 0) is 47.3 Å². The predicted octanol–water partition coefficient (Wildman–Crippen LogP) is 6.41. The van der Waals surface area contributed by atoms with Gasteiger partial charge in [0.05, 0.1) is 30.3 Å². The summed E-state index contributed by atoms with van der Waals surface area (Å²) in [6.07, 6.45) is 5.28. The van der Waals surface area contributed by atoms with Crippen molar-refractivity contribution in [1.82, 2.24) is 24.4 Å². The van der Waals surface area contributed by atoms with Crippen LogP contribution in [-0.4, -0.2) is 34.2 Å². The van der Waals surface area contributed by atoms with Crippen LogP contribution in [0.4, 0.5) is 5.82 Å². The van der Waals surface area contributed by atoms with E-state index in [9.17, 15) is 0 Å². The van der Waals surface area contributed by atoms with Crippen LogP contribution in [-0.2, 0) is 20.6 Å². The monoisotopic (exact) mass is 544 g/mol. The van der Waals surface area contributed by atoms with Gasteiger partial charge < -0.3 is 9.84 Å². The van der Waals surface area contributed by atoms with Gasteiger partial charge in [-0.1, -0.05) is 48.5 Å². The van der Waals surface area contributed by atoms with E-state index in [0.717, 1.165) is 44.0 Å². The first-order valence-corrected chi connectivity index (χ1v) is 13.7. The van der Waals surface area contributed by atoms with Crippen LogP contribution in [0.2, 0.25) is 0 Å². The standard InChI is InChI=1S/C27H25N6O3PS/c1-34-36-37(35-2)33-38-22-15-20(16-28-18-22)26-31-24-13-8-12-23(19-9-4-3-5-10-19)25(24)27(32-26)30-17-21-11-6-7-14-29-21/h3-16,18,33H,17H2,1-2H3,(H,30,31,32). The molecule has 2 N–H and O–H groups in total. The average Bonchev–Trinajstić information content (AvgIpc) is 2.98. The lowest BCUT2D eigenvalue weighted by atomic mass is 10.0. The molecule has 0 bridgehead atoms. The molecule has 5 aromatic rings. The maximum atomic E-state index is 5.23. The highest BCUT2D eigenvalue weighted by atomic mass is 32.2. The molecule has 192 valence electrons. The van der Waals surface area contributed by atoms with E-state index in [1.807, 2.05) is 54.6 Å². The van der Waals surface area contributed by atoms with E-state index in [1.54, 1.807) is 25.7 Å². The lowest BCUT2D eigenvalue weighted by molar-refractivity contribution is -0.178. The molecule has 3 aromatic heterocycles. The highest BCUT2D eigenvalue weighted by Gasteiger charge is 2.16. The molecule has 0 spiro atoms. The molecule has 11 heteroatoms. The number of anilines is 1. The second kappa shape index (κ2) is 12.8. The molecule has 3 heterocycles. The van der Waals surface area contributed by atoms with Gasteiger partial charge in [-0.25, -0.2) is 14.9 Å². The summed E-state index contributed by atoms with van der Waals surface area (Å²) >= 11 is 1.32. The third-order valence-corrected chi connectivity index (χ3v) is 7.53. The molecule has 9 nitrogen and oxygen atoms in total. The van der Waals surface area contributed by atoms with Crippen LogP contribution < -0.4 is 9.81 Å². The molecular formula is C27H25N6O3PS. The van der Waals surface area contributed by atoms with Crippen LogP contribution in [0.3, 0.4) is 0 Å². The minimum Gasteiger partial charge on any atom is -0.364 e. The number of benzene rings is 2. The lowest BCUT2D eigenvalue weighted by Gasteiger charge is -2.15. The largest absolute Gasteiger partial charge is 0.364 e. The second-order valence-corrected chi connectivity index (χ2v) is 10.4.